The first-order chi connectivity index (χ1) is 11.8. The third kappa shape index (κ3) is 4.08. The Morgan fingerprint density at radius 1 is 1.36 bits per heavy atom. The number of nitrogens with two attached hydrogens (primary N) is 1. The van der Waals surface area contributed by atoms with Crippen LogP contribution in [-0.4, -0.2) is 23.8 Å². The molecule has 130 valence electrons. The minimum absolute atomic E-state index is 0.174. The van der Waals surface area contributed by atoms with E-state index in [1.165, 1.54) is 42.1 Å². The van der Waals surface area contributed by atoms with Crippen LogP contribution in [0.3, 0.4) is 0 Å². The monoisotopic (exact) mass is 345 g/mol. The highest BCUT2D eigenvalue weighted by Gasteiger charge is 2.24. The molecule has 2 rings (SSSR count). The number of ether oxygens (including phenoxy) is 1. The summed E-state index contributed by atoms with van der Waals surface area (Å²) in [6.07, 6.45) is 3.07. The Kier molecular flexibility index (Phi) is 5.28. The SMILES string of the molecule is COc1ccc([N+](=O)[O-])cc1NC(=O)[C@H](C)[n+]1cccc(C(N)=O)c1. The topological polar surface area (TPSA) is 128 Å². The Balaban J connectivity index is 2.27. The van der Waals surface area contributed by atoms with Crippen molar-refractivity contribution in [2.45, 2.75) is 13.0 Å². The van der Waals surface area contributed by atoms with Crippen LogP contribution in [0.5, 0.6) is 5.75 Å². The first kappa shape index (κ1) is 17.9. The third-order valence-electron chi connectivity index (χ3n) is 3.59. The smallest absolute Gasteiger partial charge is 0.293 e. The van der Waals surface area contributed by atoms with Gasteiger partial charge in [0.2, 0.25) is 6.04 Å². The number of nitro groups is 1. The van der Waals surface area contributed by atoms with Crippen LogP contribution in [0.2, 0.25) is 0 Å². The van der Waals surface area contributed by atoms with Gasteiger partial charge in [-0.1, -0.05) is 0 Å². The summed E-state index contributed by atoms with van der Waals surface area (Å²) in [5.41, 5.74) is 5.50. The molecule has 9 heteroatoms. The van der Waals surface area contributed by atoms with Gasteiger partial charge in [0, 0.05) is 25.1 Å². The second-order valence-electron chi connectivity index (χ2n) is 5.21. The van der Waals surface area contributed by atoms with E-state index in [-0.39, 0.29) is 16.9 Å². The summed E-state index contributed by atoms with van der Waals surface area (Å²) in [6, 6.07) is 6.34. The lowest BCUT2D eigenvalue weighted by atomic mass is 10.2. The van der Waals surface area contributed by atoms with Gasteiger partial charge in [0.05, 0.1) is 17.7 Å². The molecule has 1 aromatic carbocycles. The minimum atomic E-state index is -0.691. The van der Waals surface area contributed by atoms with E-state index in [4.69, 9.17) is 10.5 Å². The first-order valence-corrected chi connectivity index (χ1v) is 7.27. The Morgan fingerprint density at radius 3 is 2.68 bits per heavy atom. The molecule has 0 saturated carbocycles. The lowest BCUT2D eigenvalue weighted by Gasteiger charge is -2.12. The maximum atomic E-state index is 12.5. The Labute approximate surface area is 143 Å². The van der Waals surface area contributed by atoms with Gasteiger partial charge in [-0.2, -0.15) is 4.57 Å². The van der Waals surface area contributed by atoms with Crippen LogP contribution in [0, 0.1) is 10.1 Å². The van der Waals surface area contributed by atoms with Crippen LogP contribution >= 0.6 is 0 Å². The number of nitrogens with one attached hydrogen (secondary N) is 1. The van der Waals surface area contributed by atoms with E-state index in [9.17, 15) is 19.7 Å². The molecule has 0 fully saturated rings. The Bertz CT molecular complexity index is 837. The number of anilines is 1. The van der Waals surface area contributed by atoms with Gasteiger partial charge in [0.15, 0.2) is 12.4 Å². The summed E-state index contributed by atoms with van der Waals surface area (Å²) < 4.78 is 6.62. The number of nitrogens with zero attached hydrogens (tertiary/aromatic N) is 2. The molecule has 1 aromatic heterocycles. The molecule has 0 aliphatic rings. The summed E-state index contributed by atoms with van der Waals surface area (Å²) >= 11 is 0. The zero-order chi connectivity index (χ0) is 18.6. The van der Waals surface area contributed by atoms with E-state index in [2.05, 4.69) is 5.32 Å². The van der Waals surface area contributed by atoms with Gasteiger partial charge in [0.25, 0.3) is 17.5 Å². The number of hydrogen-bond acceptors (Lipinski definition) is 5. The van der Waals surface area contributed by atoms with Crippen LogP contribution in [0.1, 0.15) is 23.3 Å². The molecule has 0 spiro atoms. The molecule has 0 unspecified atom stereocenters. The van der Waals surface area contributed by atoms with E-state index in [0.717, 1.165) is 0 Å². The number of hydrogen-bond donors (Lipinski definition) is 2. The molecule has 3 N–H and O–H groups in total. The molecule has 0 radical (unpaired) electrons. The van der Waals surface area contributed by atoms with Crippen molar-refractivity contribution in [1.29, 1.82) is 0 Å². The first-order valence-electron chi connectivity index (χ1n) is 7.27. The molecular weight excluding hydrogens is 328 g/mol. The van der Waals surface area contributed by atoms with Crippen molar-refractivity contribution in [3.63, 3.8) is 0 Å². The lowest BCUT2D eigenvalue weighted by Crippen LogP contribution is -2.44. The minimum Gasteiger partial charge on any atom is -0.495 e. The standard InChI is InChI=1S/C16H16N4O5/c1-10(19-7-3-4-11(9-19)15(17)21)16(22)18-13-8-12(20(23)24)5-6-14(13)25-2/h3-10H,1-2H3,(H2-,17,18,21,22)/p+1/t10-/m0/s1. The second-order valence-corrected chi connectivity index (χ2v) is 5.21. The summed E-state index contributed by atoms with van der Waals surface area (Å²) in [5.74, 6) is -0.755. The molecule has 25 heavy (non-hydrogen) atoms. The number of aromatic nitrogens is 1. The largest absolute Gasteiger partial charge is 0.495 e. The number of non-ortho nitro benzene ring substituents is 1. The predicted molar refractivity (Wildman–Crippen MR) is 88.1 cm³/mol. The highest BCUT2D eigenvalue weighted by Crippen LogP contribution is 2.29. The van der Waals surface area contributed by atoms with Crippen molar-refractivity contribution in [1.82, 2.24) is 0 Å². The molecule has 0 aliphatic heterocycles. The average molecular weight is 345 g/mol. The van der Waals surface area contributed by atoms with E-state index < -0.39 is 22.8 Å². The molecule has 9 nitrogen and oxygen atoms in total. The summed E-state index contributed by atoms with van der Waals surface area (Å²) in [5, 5.41) is 13.5. The fourth-order valence-electron chi connectivity index (χ4n) is 2.16. The molecule has 1 atom stereocenters. The quantitative estimate of drug-likeness (QED) is 0.461. The fraction of sp³-hybridized carbons (Fsp3) is 0.188. The number of carbonyl (C=O) groups is 2. The van der Waals surface area contributed by atoms with Gasteiger partial charge in [0.1, 0.15) is 11.3 Å². The van der Waals surface area contributed by atoms with Gasteiger partial charge < -0.3 is 15.8 Å². The van der Waals surface area contributed by atoms with Crippen molar-refractivity contribution < 1.29 is 23.8 Å². The van der Waals surface area contributed by atoms with Crippen LogP contribution in [-0.2, 0) is 4.79 Å². The zero-order valence-electron chi connectivity index (χ0n) is 13.6. The van der Waals surface area contributed by atoms with E-state index in [1.54, 1.807) is 19.2 Å². The third-order valence-corrected chi connectivity index (χ3v) is 3.59. The highest BCUT2D eigenvalue weighted by atomic mass is 16.6. The molecule has 0 saturated heterocycles. The van der Waals surface area contributed by atoms with Crippen molar-refractivity contribution in [3.05, 3.63) is 58.4 Å². The lowest BCUT2D eigenvalue weighted by molar-refractivity contribution is -0.705. The predicted octanol–water partition coefficient (Wildman–Crippen LogP) is 1.19. The molecular formula is C16H17N4O5+. The second kappa shape index (κ2) is 7.39. The highest BCUT2D eigenvalue weighted by molar-refractivity contribution is 5.94. The molecule has 1 heterocycles. The van der Waals surface area contributed by atoms with Crippen molar-refractivity contribution >= 4 is 23.2 Å². The normalized spacial score (nSPS) is 11.4. The van der Waals surface area contributed by atoms with Gasteiger partial charge in [-0.15, -0.1) is 0 Å². The average Bonchev–Trinajstić information content (AvgIpc) is 2.60. The number of primary amides is 1. The van der Waals surface area contributed by atoms with Gasteiger partial charge in [-0.3, -0.25) is 19.7 Å². The molecule has 0 bridgehead atoms. The van der Waals surface area contributed by atoms with E-state index in [1.807, 2.05) is 0 Å². The number of nitro benzene ring substituents is 1. The van der Waals surface area contributed by atoms with Crippen molar-refractivity contribution in [3.8, 4) is 5.75 Å². The van der Waals surface area contributed by atoms with Crippen molar-refractivity contribution in [2.75, 3.05) is 12.4 Å². The van der Waals surface area contributed by atoms with Gasteiger partial charge >= 0.3 is 0 Å². The number of carbonyl (C=O) groups excluding carboxylic acids is 2. The van der Waals surface area contributed by atoms with Crippen molar-refractivity contribution in [2.24, 2.45) is 5.73 Å². The molecule has 0 aliphatic carbocycles. The maximum absolute atomic E-state index is 12.5. The van der Waals surface area contributed by atoms with E-state index >= 15 is 0 Å². The summed E-state index contributed by atoms with van der Waals surface area (Å²) in [6.45, 7) is 1.62. The van der Waals surface area contributed by atoms with Crippen LogP contribution in [0.25, 0.3) is 0 Å². The van der Waals surface area contributed by atoms with Gasteiger partial charge in [-0.05, 0) is 12.1 Å². The number of benzene rings is 1. The Morgan fingerprint density at radius 2 is 2.08 bits per heavy atom. The Hall–Kier alpha value is -3.49. The molecule has 2 amide bonds. The number of amides is 2. The number of methoxy groups -OCH3 is 1. The maximum Gasteiger partial charge on any atom is 0.293 e. The van der Waals surface area contributed by atoms with E-state index in [0.29, 0.717) is 5.75 Å². The fourth-order valence-corrected chi connectivity index (χ4v) is 2.16. The number of rotatable bonds is 6. The summed E-state index contributed by atoms with van der Waals surface area (Å²) in [4.78, 5) is 34.1. The van der Waals surface area contributed by atoms with Crippen LogP contribution in [0.4, 0.5) is 11.4 Å². The van der Waals surface area contributed by atoms with Crippen LogP contribution < -0.4 is 20.4 Å². The summed E-state index contributed by atoms with van der Waals surface area (Å²) in [7, 11) is 1.39. The number of pyridine rings is 1. The van der Waals surface area contributed by atoms with Crippen LogP contribution in [0.15, 0.2) is 42.7 Å². The molecule has 2 aromatic rings. The van der Waals surface area contributed by atoms with Gasteiger partial charge in [-0.25, -0.2) is 0 Å². The zero-order valence-corrected chi connectivity index (χ0v) is 13.6.